The molecule has 0 bridgehead atoms. The first-order chi connectivity index (χ1) is 9.81. The zero-order chi connectivity index (χ0) is 14.9. The first-order valence-electron chi connectivity index (χ1n) is 7.29. The zero-order valence-corrected chi connectivity index (χ0v) is 13.3. The topological polar surface area (TPSA) is 49.4 Å². The largest absolute Gasteiger partial charge is 0.382 e. The first-order valence-corrected chi connectivity index (χ1v) is 7.29. The Morgan fingerprint density at radius 1 is 0.650 bits per heavy atom. The highest BCUT2D eigenvalue weighted by atomic mass is 16.5. The highest BCUT2D eigenvalue weighted by molar-refractivity contribution is 4.49. The van der Waals surface area contributed by atoms with Crippen LogP contribution in [0.3, 0.4) is 0 Å². The van der Waals surface area contributed by atoms with Crippen molar-refractivity contribution in [1.82, 2.24) is 4.90 Å². The highest BCUT2D eigenvalue weighted by Gasteiger charge is 1.98. The molecule has 0 aromatic rings. The Labute approximate surface area is 123 Å². The van der Waals surface area contributed by atoms with Gasteiger partial charge in [0.15, 0.2) is 0 Å². The van der Waals surface area contributed by atoms with Gasteiger partial charge in [0.25, 0.3) is 0 Å². The van der Waals surface area contributed by atoms with E-state index in [0.29, 0.717) is 46.2 Å². The van der Waals surface area contributed by atoms with Crippen LogP contribution in [0.15, 0.2) is 0 Å². The number of likely N-dealkylation sites (N-methyl/N-ethyl adjacent to an activating group) is 1. The van der Waals surface area contributed by atoms with Gasteiger partial charge in [-0.3, -0.25) is 0 Å². The van der Waals surface area contributed by atoms with Crippen molar-refractivity contribution in [2.45, 2.75) is 6.92 Å². The van der Waals surface area contributed by atoms with Gasteiger partial charge >= 0.3 is 0 Å². The van der Waals surface area contributed by atoms with E-state index in [-0.39, 0.29) is 0 Å². The molecule has 0 spiro atoms. The van der Waals surface area contributed by atoms with Crippen molar-refractivity contribution in [3.05, 3.63) is 0 Å². The molecule has 0 saturated heterocycles. The van der Waals surface area contributed by atoms with Crippen LogP contribution in [0, 0.1) is 0 Å². The third kappa shape index (κ3) is 15.8. The van der Waals surface area contributed by atoms with Crippen molar-refractivity contribution in [3.8, 4) is 0 Å². The van der Waals surface area contributed by atoms with Crippen LogP contribution in [0.1, 0.15) is 6.92 Å². The van der Waals surface area contributed by atoms with Crippen LogP contribution in [0.2, 0.25) is 0 Å². The van der Waals surface area contributed by atoms with Crippen molar-refractivity contribution in [2.24, 2.45) is 0 Å². The van der Waals surface area contributed by atoms with Crippen LogP contribution in [0.25, 0.3) is 0 Å². The molecule has 0 heterocycles. The average molecular weight is 293 g/mol. The minimum atomic E-state index is 0.622. The molecule has 0 rings (SSSR count). The van der Waals surface area contributed by atoms with Crippen molar-refractivity contribution in [2.75, 3.05) is 86.7 Å². The van der Waals surface area contributed by atoms with E-state index in [1.54, 1.807) is 7.11 Å². The van der Waals surface area contributed by atoms with Gasteiger partial charge in [0.2, 0.25) is 0 Å². The van der Waals surface area contributed by atoms with Crippen LogP contribution in [0.4, 0.5) is 0 Å². The normalized spacial score (nSPS) is 11.4. The van der Waals surface area contributed by atoms with Crippen LogP contribution in [-0.2, 0) is 23.7 Å². The fourth-order valence-electron chi connectivity index (χ4n) is 1.38. The number of hydrogen-bond donors (Lipinski definition) is 0. The second-order valence-corrected chi connectivity index (χ2v) is 4.33. The lowest BCUT2D eigenvalue weighted by atomic mass is 10.5. The maximum absolute atomic E-state index is 5.49. The van der Waals surface area contributed by atoms with E-state index in [1.807, 2.05) is 6.92 Å². The summed E-state index contributed by atoms with van der Waals surface area (Å²) < 4.78 is 26.3. The molecule has 0 unspecified atom stereocenters. The lowest BCUT2D eigenvalue weighted by Gasteiger charge is -2.16. The van der Waals surface area contributed by atoms with E-state index < -0.39 is 0 Å². The van der Waals surface area contributed by atoms with Crippen molar-refractivity contribution in [1.29, 1.82) is 0 Å². The quantitative estimate of drug-likeness (QED) is 0.390. The van der Waals surface area contributed by atoms with Gasteiger partial charge in [0.05, 0.1) is 52.9 Å². The first kappa shape index (κ1) is 19.8. The molecule has 0 aliphatic heterocycles. The molecule has 0 N–H and O–H groups in total. The zero-order valence-electron chi connectivity index (χ0n) is 13.3. The van der Waals surface area contributed by atoms with Gasteiger partial charge in [-0.2, -0.15) is 0 Å². The summed E-state index contributed by atoms with van der Waals surface area (Å²) in [5.41, 5.74) is 0. The molecule has 6 nitrogen and oxygen atoms in total. The fourth-order valence-corrected chi connectivity index (χ4v) is 1.38. The van der Waals surface area contributed by atoms with E-state index >= 15 is 0 Å². The standard InChI is InChI=1S/C14H31NO5/c1-4-17-11-12-20-14-13-19-8-6-15(2)5-7-18-10-9-16-3/h4-14H2,1-3H3. The van der Waals surface area contributed by atoms with E-state index in [9.17, 15) is 0 Å². The molecule has 0 amide bonds. The molecule has 0 fully saturated rings. The third-order valence-electron chi connectivity index (χ3n) is 2.61. The van der Waals surface area contributed by atoms with Crippen LogP contribution < -0.4 is 0 Å². The highest BCUT2D eigenvalue weighted by Crippen LogP contribution is 1.86. The summed E-state index contributed by atoms with van der Waals surface area (Å²) in [5, 5.41) is 0. The second kappa shape index (κ2) is 16.8. The maximum atomic E-state index is 5.49. The Kier molecular flexibility index (Phi) is 16.6. The van der Waals surface area contributed by atoms with Gasteiger partial charge in [-0.15, -0.1) is 0 Å². The molecule has 6 heteroatoms. The van der Waals surface area contributed by atoms with E-state index in [1.165, 1.54) is 0 Å². The molecule has 20 heavy (non-hydrogen) atoms. The van der Waals surface area contributed by atoms with Gasteiger partial charge in [0.1, 0.15) is 0 Å². The van der Waals surface area contributed by atoms with E-state index in [0.717, 1.165) is 26.3 Å². The Morgan fingerprint density at radius 2 is 1.10 bits per heavy atom. The van der Waals surface area contributed by atoms with Gasteiger partial charge in [-0.25, -0.2) is 0 Å². The smallest absolute Gasteiger partial charge is 0.0701 e. The lowest BCUT2D eigenvalue weighted by molar-refractivity contribution is 0.0116. The fraction of sp³-hybridized carbons (Fsp3) is 1.00. The minimum absolute atomic E-state index is 0.622. The van der Waals surface area contributed by atoms with Crippen LogP contribution >= 0.6 is 0 Å². The lowest BCUT2D eigenvalue weighted by Crippen LogP contribution is -2.27. The van der Waals surface area contributed by atoms with Gasteiger partial charge in [-0.1, -0.05) is 0 Å². The number of hydrogen-bond acceptors (Lipinski definition) is 6. The van der Waals surface area contributed by atoms with Crippen molar-refractivity contribution in [3.63, 3.8) is 0 Å². The van der Waals surface area contributed by atoms with Gasteiger partial charge < -0.3 is 28.6 Å². The van der Waals surface area contributed by atoms with Crippen LogP contribution in [-0.4, -0.2) is 91.6 Å². The molecule has 0 aromatic heterocycles. The molecule has 0 aromatic carbocycles. The molecular weight excluding hydrogens is 262 g/mol. The van der Waals surface area contributed by atoms with Crippen molar-refractivity contribution < 1.29 is 23.7 Å². The summed E-state index contributed by atoms with van der Waals surface area (Å²) in [4.78, 5) is 2.18. The summed E-state index contributed by atoms with van der Waals surface area (Å²) in [6.45, 7) is 9.79. The minimum Gasteiger partial charge on any atom is -0.382 e. The molecule has 0 radical (unpaired) electrons. The molecule has 0 saturated carbocycles. The van der Waals surface area contributed by atoms with Crippen molar-refractivity contribution >= 4 is 0 Å². The molecule has 0 aliphatic rings. The molecular formula is C14H31NO5. The molecule has 0 atom stereocenters. The summed E-state index contributed by atoms with van der Waals surface area (Å²) in [6, 6.07) is 0. The van der Waals surface area contributed by atoms with Crippen LogP contribution in [0.5, 0.6) is 0 Å². The summed E-state index contributed by atoms with van der Waals surface area (Å²) in [6.07, 6.45) is 0. The Hall–Kier alpha value is -0.240. The summed E-state index contributed by atoms with van der Waals surface area (Å²) >= 11 is 0. The Morgan fingerprint density at radius 3 is 1.60 bits per heavy atom. The van der Waals surface area contributed by atoms with E-state index in [4.69, 9.17) is 23.7 Å². The predicted molar refractivity (Wildman–Crippen MR) is 78.3 cm³/mol. The third-order valence-corrected chi connectivity index (χ3v) is 2.61. The Balaban J connectivity index is 3.09. The summed E-state index contributed by atoms with van der Waals surface area (Å²) in [7, 11) is 3.73. The number of nitrogens with zero attached hydrogens (tertiary/aromatic N) is 1. The number of ether oxygens (including phenoxy) is 5. The van der Waals surface area contributed by atoms with Gasteiger partial charge in [-0.05, 0) is 14.0 Å². The van der Waals surface area contributed by atoms with E-state index in [2.05, 4.69) is 11.9 Å². The monoisotopic (exact) mass is 293 g/mol. The number of rotatable bonds is 16. The SMILES string of the molecule is CCOCCOCCOCCN(C)CCOCCOC. The number of methoxy groups -OCH3 is 1. The second-order valence-electron chi connectivity index (χ2n) is 4.33. The Bertz CT molecular complexity index is 183. The molecule has 0 aliphatic carbocycles. The van der Waals surface area contributed by atoms with Gasteiger partial charge in [0, 0.05) is 26.8 Å². The molecule has 122 valence electrons. The summed E-state index contributed by atoms with van der Waals surface area (Å²) in [5.74, 6) is 0. The maximum Gasteiger partial charge on any atom is 0.0701 e. The average Bonchev–Trinajstić information content (AvgIpc) is 2.45. The predicted octanol–water partition coefficient (Wildman–Crippen LogP) is 0.651.